The van der Waals surface area contributed by atoms with E-state index in [1.165, 1.54) is 0 Å². The number of hydrogen-bond acceptors (Lipinski definition) is 8. The Hall–Kier alpha value is -3.57. The Kier molecular flexibility index (Phi) is 4.84. The Morgan fingerprint density at radius 3 is 2.67 bits per heavy atom. The Balaban J connectivity index is 1.86. The van der Waals surface area contributed by atoms with Gasteiger partial charge < -0.3 is 9.26 Å². The molecule has 0 aliphatic heterocycles. The van der Waals surface area contributed by atoms with E-state index in [1.54, 1.807) is 6.92 Å². The lowest BCUT2D eigenvalue weighted by Gasteiger charge is -2.12. The van der Waals surface area contributed by atoms with Crippen LogP contribution in [0.5, 0.6) is 0 Å². The third kappa shape index (κ3) is 3.55. The second-order valence-corrected chi connectivity index (χ2v) is 6.58. The maximum absolute atomic E-state index is 13.4. The number of tetrazole rings is 1. The van der Waals surface area contributed by atoms with E-state index < -0.39 is 23.5 Å². The van der Waals surface area contributed by atoms with E-state index in [0.29, 0.717) is 0 Å². The average molecular weight is 421 g/mol. The van der Waals surface area contributed by atoms with Crippen molar-refractivity contribution in [3.63, 3.8) is 0 Å². The molecule has 1 aliphatic rings. The van der Waals surface area contributed by atoms with Gasteiger partial charge in [0.15, 0.2) is 5.76 Å². The summed E-state index contributed by atoms with van der Waals surface area (Å²) in [4.78, 5) is 25.7. The minimum Gasteiger partial charge on any atom is -0.461 e. The summed E-state index contributed by atoms with van der Waals surface area (Å²) >= 11 is 0. The number of benzene rings is 1. The number of hydrogen-bond donors (Lipinski definition) is 0. The zero-order valence-corrected chi connectivity index (χ0v) is 15.5. The Morgan fingerprint density at radius 2 is 2.07 bits per heavy atom. The SMILES string of the molecule is CCOC(=O)c1noc(C2CC2)c1C(=O)c1ccc(C(F)(F)F)cc1-n1cnnn1. The zero-order chi connectivity index (χ0) is 21.5. The third-order valence-corrected chi connectivity index (χ3v) is 4.53. The van der Waals surface area contributed by atoms with Gasteiger partial charge in [0.1, 0.15) is 11.9 Å². The minimum absolute atomic E-state index is 0.0498. The second-order valence-electron chi connectivity index (χ2n) is 6.58. The predicted octanol–water partition coefficient (Wildman–Crippen LogP) is 2.95. The van der Waals surface area contributed by atoms with Crippen LogP contribution in [0.15, 0.2) is 29.0 Å². The van der Waals surface area contributed by atoms with E-state index in [0.717, 1.165) is 42.0 Å². The van der Waals surface area contributed by atoms with Crippen molar-refractivity contribution in [2.75, 3.05) is 6.61 Å². The summed E-state index contributed by atoms with van der Waals surface area (Å²) in [6.45, 7) is 1.64. The van der Waals surface area contributed by atoms with Crippen molar-refractivity contribution in [3.8, 4) is 5.69 Å². The van der Waals surface area contributed by atoms with E-state index in [2.05, 4.69) is 20.7 Å². The van der Waals surface area contributed by atoms with Gasteiger partial charge in [-0.25, -0.2) is 4.79 Å². The highest BCUT2D eigenvalue weighted by molar-refractivity contribution is 6.16. The number of ether oxygens (including phenoxy) is 1. The second kappa shape index (κ2) is 7.35. The molecule has 0 unspecified atom stereocenters. The highest BCUT2D eigenvalue weighted by Crippen LogP contribution is 2.43. The number of ketones is 1. The molecule has 0 N–H and O–H groups in total. The van der Waals surface area contributed by atoms with Crippen LogP contribution in [0.3, 0.4) is 0 Å². The number of nitrogens with zero attached hydrogens (tertiary/aromatic N) is 5. The maximum Gasteiger partial charge on any atom is 0.416 e. The fraction of sp³-hybridized carbons (Fsp3) is 0.333. The van der Waals surface area contributed by atoms with E-state index in [1.807, 2.05) is 0 Å². The fourth-order valence-electron chi connectivity index (χ4n) is 2.98. The molecular weight excluding hydrogens is 407 g/mol. The van der Waals surface area contributed by atoms with Crippen LogP contribution in [0.2, 0.25) is 0 Å². The van der Waals surface area contributed by atoms with Crippen molar-refractivity contribution >= 4 is 11.8 Å². The number of halogens is 3. The molecule has 0 saturated heterocycles. The molecule has 156 valence electrons. The van der Waals surface area contributed by atoms with Crippen LogP contribution >= 0.6 is 0 Å². The monoisotopic (exact) mass is 421 g/mol. The lowest BCUT2D eigenvalue weighted by Crippen LogP contribution is -2.16. The average Bonchev–Trinajstić information content (AvgIpc) is 3.23. The van der Waals surface area contributed by atoms with Gasteiger partial charge in [0, 0.05) is 11.5 Å². The van der Waals surface area contributed by atoms with Gasteiger partial charge in [0.2, 0.25) is 11.5 Å². The summed E-state index contributed by atoms with van der Waals surface area (Å²) in [7, 11) is 0. The lowest BCUT2D eigenvalue weighted by atomic mass is 9.97. The normalized spacial score (nSPS) is 14.0. The first-order valence-corrected chi connectivity index (χ1v) is 8.97. The molecule has 1 fully saturated rings. The smallest absolute Gasteiger partial charge is 0.416 e. The van der Waals surface area contributed by atoms with Crippen molar-refractivity contribution in [2.24, 2.45) is 0 Å². The number of alkyl halides is 3. The molecule has 4 rings (SSSR count). The molecule has 12 heteroatoms. The standard InChI is InChI=1S/C18H14F3N5O4/c1-2-29-17(28)14-13(16(30-23-14)9-3-4-9)15(27)11-6-5-10(18(19,20)21)7-12(11)26-8-22-24-25-26/h5-9H,2-4H2,1H3. The highest BCUT2D eigenvalue weighted by Gasteiger charge is 2.39. The van der Waals surface area contributed by atoms with Crippen LogP contribution in [0.4, 0.5) is 13.2 Å². The number of carbonyl (C=O) groups is 2. The summed E-state index contributed by atoms with van der Waals surface area (Å²) in [5.41, 5.74) is -1.76. The van der Waals surface area contributed by atoms with Crippen LogP contribution in [0.25, 0.3) is 5.69 Å². The van der Waals surface area contributed by atoms with Gasteiger partial charge in [0.25, 0.3) is 0 Å². The first-order valence-electron chi connectivity index (χ1n) is 8.97. The summed E-state index contributed by atoms with van der Waals surface area (Å²) < 4.78 is 50.8. The van der Waals surface area contributed by atoms with Crippen molar-refractivity contribution < 1.29 is 32.0 Å². The molecule has 0 radical (unpaired) electrons. The summed E-state index contributed by atoms with van der Waals surface area (Å²) in [5.74, 6) is -1.47. The van der Waals surface area contributed by atoms with E-state index in [4.69, 9.17) is 9.26 Å². The summed E-state index contributed by atoms with van der Waals surface area (Å²) in [5, 5.41) is 14.1. The number of carbonyl (C=O) groups excluding carboxylic acids is 2. The molecule has 2 heterocycles. The van der Waals surface area contributed by atoms with E-state index >= 15 is 0 Å². The number of esters is 1. The molecule has 0 amide bonds. The molecule has 0 bridgehead atoms. The van der Waals surface area contributed by atoms with Gasteiger partial charge in [-0.1, -0.05) is 5.16 Å². The van der Waals surface area contributed by atoms with Crippen LogP contribution in [-0.2, 0) is 10.9 Å². The molecule has 0 spiro atoms. The molecule has 9 nitrogen and oxygen atoms in total. The van der Waals surface area contributed by atoms with E-state index in [-0.39, 0.29) is 40.8 Å². The highest BCUT2D eigenvalue weighted by atomic mass is 19.4. The molecule has 1 aromatic carbocycles. The molecule has 30 heavy (non-hydrogen) atoms. The molecule has 1 saturated carbocycles. The largest absolute Gasteiger partial charge is 0.461 e. The van der Waals surface area contributed by atoms with E-state index in [9.17, 15) is 22.8 Å². The van der Waals surface area contributed by atoms with Crippen LogP contribution in [0, 0.1) is 0 Å². The van der Waals surface area contributed by atoms with Gasteiger partial charge >= 0.3 is 12.1 Å². The van der Waals surface area contributed by atoms with Gasteiger partial charge in [-0.05, 0) is 48.4 Å². The van der Waals surface area contributed by atoms with Crippen LogP contribution in [0.1, 0.15) is 63.4 Å². The third-order valence-electron chi connectivity index (χ3n) is 4.53. The number of rotatable bonds is 6. The van der Waals surface area contributed by atoms with Crippen molar-refractivity contribution in [2.45, 2.75) is 31.9 Å². The van der Waals surface area contributed by atoms with Gasteiger partial charge in [-0.15, -0.1) is 5.10 Å². The summed E-state index contributed by atoms with van der Waals surface area (Å²) in [6, 6.07) is 2.55. The Bertz CT molecular complexity index is 1100. The van der Waals surface area contributed by atoms with Gasteiger partial charge in [-0.2, -0.15) is 17.9 Å². The fourth-order valence-corrected chi connectivity index (χ4v) is 2.98. The minimum atomic E-state index is -4.64. The molecule has 1 aliphatic carbocycles. The first kappa shape index (κ1) is 19.7. The topological polar surface area (TPSA) is 113 Å². The van der Waals surface area contributed by atoms with Crippen molar-refractivity contribution in [1.29, 1.82) is 0 Å². The van der Waals surface area contributed by atoms with Crippen molar-refractivity contribution in [1.82, 2.24) is 25.4 Å². The summed E-state index contributed by atoms with van der Waals surface area (Å²) in [6.07, 6.45) is -2.10. The van der Waals surface area contributed by atoms with Crippen molar-refractivity contribution in [3.05, 3.63) is 52.7 Å². The molecule has 3 aromatic rings. The first-order chi connectivity index (χ1) is 14.3. The molecule has 2 aromatic heterocycles. The van der Waals surface area contributed by atoms with Gasteiger partial charge in [-0.3, -0.25) is 4.79 Å². The van der Waals surface area contributed by atoms with Gasteiger partial charge in [0.05, 0.1) is 17.9 Å². The predicted molar refractivity (Wildman–Crippen MR) is 92.0 cm³/mol. The lowest BCUT2D eigenvalue weighted by molar-refractivity contribution is -0.137. The van der Waals surface area contributed by atoms with Crippen LogP contribution in [-0.4, -0.2) is 43.7 Å². The number of aromatic nitrogens is 5. The zero-order valence-electron chi connectivity index (χ0n) is 15.5. The molecular formula is C18H14F3N5O4. The Labute approximate surface area is 166 Å². The molecule has 0 atom stereocenters. The quantitative estimate of drug-likeness (QED) is 0.441. The van der Waals surface area contributed by atoms with Crippen LogP contribution < -0.4 is 0 Å². The Morgan fingerprint density at radius 1 is 1.30 bits per heavy atom. The maximum atomic E-state index is 13.4.